The molecule has 5 aromatic rings. The van der Waals surface area contributed by atoms with Crippen molar-refractivity contribution in [1.29, 1.82) is 0 Å². The third kappa shape index (κ3) is 6.14. The number of carbonyl (C=O) groups excluding carboxylic acids is 2. The molecule has 1 aromatic carbocycles. The van der Waals surface area contributed by atoms with Gasteiger partial charge in [-0.15, -0.1) is 40.6 Å². The van der Waals surface area contributed by atoms with Crippen LogP contribution >= 0.6 is 45.8 Å². The summed E-state index contributed by atoms with van der Waals surface area (Å²) in [7, 11) is 0. The second kappa shape index (κ2) is 13.2. The van der Waals surface area contributed by atoms with Crippen LogP contribution in [0.3, 0.4) is 0 Å². The maximum atomic E-state index is 13.6. The second-order valence-corrected chi connectivity index (χ2v) is 13.2. The summed E-state index contributed by atoms with van der Waals surface area (Å²) in [5.74, 6) is -0.425. The quantitative estimate of drug-likeness (QED) is 0.0682. The van der Waals surface area contributed by atoms with Crippen LogP contribution in [0.25, 0.3) is 31.8 Å². The molecule has 0 saturated heterocycles. The average Bonchev–Trinajstić information content (AvgIpc) is 3.74. The molecular weight excluding hydrogens is 607 g/mol. The monoisotopic (exact) mass is 635 g/mol. The van der Waals surface area contributed by atoms with E-state index in [2.05, 4.69) is 25.7 Å². The molecule has 5 rings (SSSR count). The van der Waals surface area contributed by atoms with Crippen LogP contribution in [0.4, 0.5) is 5.00 Å². The minimum absolute atomic E-state index is 0.00314. The first-order valence-corrected chi connectivity index (χ1v) is 16.9. The summed E-state index contributed by atoms with van der Waals surface area (Å²) in [6, 6.07) is 12.0. The molecule has 4 heterocycles. The van der Waals surface area contributed by atoms with E-state index in [1.54, 1.807) is 28.9 Å². The normalized spacial score (nSPS) is 11.2. The topological polar surface area (TPSA) is 90.3 Å². The molecule has 7 nitrogen and oxygen atoms in total. The number of hydrogen-bond acceptors (Lipinski definition) is 9. The highest BCUT2D eigenvalue weighted by molar-refractivity contribution is 7.99. The van der Waals surface area contributed by atoms with Crippen molar-refractivity contribution < 1.29 is 14.3 Å². The third-order valence-electron chi connectivity index (χ3n) is 6.50. The van der Waals surface area contributed by atoms with Gasteiger partial charge in [-0.25, -0.2) is 9.78 Å². The third-order valence-corrected chi connectivity index (χ3v) is 10.1. The summed E-state index contributed by atoms with van der Waals surface area (Å²) in [5.41, 5.74) is 3.82. The van der Waals surface area contributed by atoms with Gasteiger partial charge in [-0.2, -0.15) is 0 Å². The molecule has 0 spiro atoms. The Morgan fingerprint density at radius 1 is 1.12 bits per heavy atom. The number of anilines is 1. The fraction of sp³-hybridized carbons (Fsp3) is 0.226. The number of nitrogens with one attached hydrogen (secondary N) is 1. The van der Waals surface area contributed by atoms with Gasteiger partial charge in [-0.1, -0.05) is 62.0 Å². The molecule has 0 atom stereocenters. The molecule has 0 bridgehead atoms. The largest absolute Gasteiger partial charge is 0.462 e. The van der Waals surface area contributed by atoms with E-state index in [1.807, 2.05) is 52.5 Å². The molecule has 0 aliphatic rings. The maximum absolute atomic E-state index is 13.6. The van der Waals surface area contributed by atoms with Crippen LogP contribution in [0.2, 0.25) is 0 Å². The summed E-state index contributed by atoms with van der Waals surface area (Å²) in [4.78, 5) is 46.1. The van der Waals surface area contributed by atoms with Gasteiger partial charge in [-0.3, -0.25) is 14.2 Å². The zero-order valence-corrected chi connectivity index (χ0v) is 26.6. The number of esters is 1. The van der Waals surface area contributed by atoms with Crippen molar-refractivity contribution in [3.63, 3.8) is 0 Å². The maximum Gasteiger partial charge on any atom is 0.341 e. The van der Waals surface area contributed by atoms with Crippen molar-refractivity contribution in [2.24, 2.45) is 0 Å². The Morgan fingerprint density at radius 3 is 2.55 bits per heavy atom. The van der Waals surface area contributed by atoms with Gasteiger partial charge in [0, 0.05) is 33.3 Å². The molecule has 42 heavy (non-hydrogen) atoms. The van der Waals surface area contributed by atoms with Crippen molar-refractivity contribution >= 4 is 72.9 Å². The molecule has 0 unspecified atom stereocenters. The van der Waals surface area contributed by atoms with Crippen LogP contribution in [0.5, 0.6) is 0 Å². The number of allylic oxidation sites excluding steroid dienone is 1. The molecule has 0 aliphatic heterocycles. The standard InChI is InChI=1S/C31H29N3O4S4/c1-5-13-34-29(36)25-22(23-8-7-14-39-23)16-41-27(25)33-31(34)42-17-24(35)32-28-26(30(37)38-6-2)21(15-40-28)20-11-9-19(10-12-20)18(3)4/h5,7-12,14-16,18H,1,6,13,17H2,2-4H3,(H,32,35). The Balaban J connectivity index is 1.39. The lowest BCUT2D eigenvalue weighted by Gasteiger charge is -2.11. The SMILES string of the molecule is C=CCn1c(SCC(=O)Nc2scc(-c3ccc(C(C)C)cc3)c2C(=O)OCC)nc2scc(-c3cccs3)c2c1=O. The molecule has 0 saturated carbocycles. The lowest BCUT2D eigenvalue weighted by molar-refractivity contribution is -0.113. The molecule has 4 aromatic heterocycles. The lowest BCUT2D eigenvalue weighted by atomic mass is 9.98. The fourth-order valence-electron chi connectivity index (χ4n) is 4.43. The summed E-state index contributed by atoms with van der Waals surface area (Å²) in [6.45, 7) is 10.3. The number of hydrogen-bond donors (Lipinski definition) is 1. The van der Waals surface area contributed by atoms with Gasteiger partial charge in [0.2, 0.25) is 5.91 Å². The number of nitrogens with zero attached hydrogens (tertiary/aromatic N) is 2. The number of benzene rings is 1. The van der Waals surface area contributed by atoms with Crippen molar-refractivity contribution in [3.05, 3.63) is 86.7 Å². The highest BCUT2D eigenvalue weighted by Crippen LogP contribution is 2.38. The molecule has 0 radical (unpaired) electrons. The molecular formula is C31H29N3O4S4. The number of ether oxygens (including phenoxy) is 1. The smallest absolute Gasteiger partial charge is 0.341 e. The van der Waals surface area contributed by atoms with Crippen molar-refractivity contribution in [2.45, 2.75) is 38.4 Å². The first kappa shape index (κ1) is 30.0. The van der Waals surface area contributed by atoms with E-state index in [4.69, 9.17) is 9.72 Å². The summed E-state index contributed by atoms with van der Waals surface area (Å²) in [6.07, 6.45) is 1.64. The highest BCUT2D eigenvalue weighted by Gasteiger charge is 2.24. The number of amides is 1. The zero-order valence-electron chi connectivity index (χ0n) is 23.3. The number of carbonyl (C=O) groups is 2. The Bertz CT molecular complexity index is 1800. The van der Waals surface area contributed by atoms with Gasteiger partial charge in [0.1, 0.15) is 15.4 Å². The molecule has 216 valence electrons. The Kier molecular flexibility index (Phi) is 9.42. The van der Waals surface area contributed by atoms with Crippen LogP contribution in [0.1, 0.15) is 42.6 Å². The molecule has 0 aliphatic carbocycles. The van der Waals surface area contributed by atoms with Crippen molar-refractivity contribution in [1.82, 2.24) is 9.55 Å². The average molecular weight is 636 g/mol. The van der Waals surface area contributed by atoms with Crippen LogP contribution in [-0.4, -0.2) is 33.8 Å². The first-order valence-electron chi connectivity index (χ1n) is 13.3. The number of thioether (sulfide) groups is 1. The second-order valence-electron chi connectivity index (χ2n) is 9.59. The number of thiophene rings is 3. The molecule has 1 N–H and O–H groups in total. The zero-order chi connectivity index (χ0) is 29.8. The fourth-order valence-corrected chi connectivity index (χ4v) is 8.01. The van der Waals surface area contributed by atoms with Gasteiger partial charge in [0.05, 0.1) is 17.7 Å². The first-order chi connectivity index (χ1) is 20.3. The molecule has 11 heteroatoms. The minimum Gasteiger partial charge on any atom is -0.462 e. The van der Waals surface area contributed by atoms with Gasteiger partial charge in [0.25, 0.3) is 5.56 Å². The molecule has 1 amide bonds. The Hall–Kier alpha value is -3.51. The van der Waals surface area contributed by atoms with Crippen LogP contribution in [0.15, 0.2) is 75.1 Å². The van der Waals surface area contributed by atoms with Crippen molar-refractivity contribution in [3.8, 4) is 21.6 Å². The van der Waals surface area contributed by atoms with Crippen LogP contribution < -0.4 is 10.9 Å². The lowest BCUT2D eigenvalue weighted by Crippen LogP contribution is -2.23. The van der Waals surface area contributed by atoms with Gasteiger partial charge >= 0.3 is 5.97 Å². The van der Waals surface area contributed by atoms with E-state index in [9.17, 15) is 14.4 Å². The number of fused-ring (bicyclic) bond motifs is 1. The number of rotatable bonds is 11. The van der Waals surface area contributed by atoms with Crippen molar-refractivity contribution in [2.75, 3.05) is 17.7 Å². The van der Waals surface area contributed by atoms with Gasteiger partial charge in [-0.05, 0) is 35.4 Å². The van der Waals surface area contributed by atoms with Gasteiger partial charge in [0.15, 0.2) is 5.16 Å². The van der Waals surface area contributed by atoms with E-state index in [-0.39, 0.29) is 30.4 Å². The van der Waals surface area contributed by atoms with E-state index >= 15 is 0 Å². The summed E-state index contributed by atoms with van der Waals surface area (Å²) < 4.78 is 6.89. The van der Waals surface area contributed by atoms with E-state index < -0.39 is 5.97 Å². The minimum atomic E-state index is -0.490. The van der Waals surface area contributed by atoms with Crippen LogP contribution in [-0.2, 0) is 16.1 Å². The molecule has 0 fully saturated rings. The van der Waals surface area contributed by atoms with Gasteiger partial charge < -0.3 is 10.1 Å². The summed E-state index contributed by atoms with van der Waals surface area (Å²) >= 11 is 5.43. The number of aromatic nitrogens is 2. The predicted molar refractivity (Wildman–Crippen MR) is 177 cm³/mol. The van der Waals surface area contributed by atoms with E-state index in [0.717, 1.165) is 16.0 Å². The highest BCUT2D eigenvalue weighted by atomic mass is 32.2. The van der Waals surface area contributed by atoms with E-state index in [1.165, 1.54) is 40.0 Å². The Morgan fingerprint density at radius 2 is 1.88 bits per heavy atom. The summed E-state index contributed by atoms with van der Waals surface area (Å²) in [5, 5.41) is 10.1. The Labute approximate surface area is 259 Å². The van der Waals surface area contributed by atoms with Crippen LogP contribution in [0, 0.1) is 0 Å². The van der Waals surface area contributed by atoms with E-state index in [0.29, 0.717) is 37.4 Å². The predicted octanol–water partition coefficient (Wildman–Crippen LogP) is 8.13.